The number of methoxy groups -OCH3 is 1. The Morgan fingerprint density at radius 2 is 2.26 bits per heavy atom. The number of carbonyl (C=O) groups excluding carboxylic acids is 2. The number of amides is 1. The third-order valence-electron chi connectivity index (χ3n) is 4.69. The van der Waals surface area contributed by atoms with Gasteiger partial charge >= 0.3 is 41.5 Å². The molecule has 0 aliphatic carbocycles. The second-order valence-electron chi connectivity index (χ2n) is 6.92. The number of aliphatic imine (C=N–C) groups is 1. The molecule has 16 nitrogen and oxygen atoms in total. The summed E-state index contributed by atoms with van der Waals surface area (Å²) in [4.78, 5) is 50.6. The fraction of sp³-hybridized carbons (Fsp3) is 0.278. The summed E-state index contributed by atoms with van der Waals surface area (Å²) in [7, 11) is 1.21. The van der Waals surface area contributed by atoms with Gasteiger partial charge in [0.05, 0.1) is 7.11 Å². The Morgan fingerprint density at radius 3 is 2.89 bits per heavy atom. The van der Waals surface area contributed by atoms with Gasteiger partial charge in [0.2, 0.25) is 5.82 Å². The number of rotatable bonds is 10. The summed E-state index contributed by atoms with van der Waals surface area (Å²) in [5, 5.41) is 41.9. The quantitative estimate of drug-likeness (QED) is 0.0455. The molecule has 0 unspecified atom stereocenters. The van der Waals surface area contributed by atoms with E-state index in [0.717, 1.165) is 34.1 Å². The summed E-state index contributed by atoms with van der Waals surface area (Å²) in [6.45, 7) is -0.209. The molecule has 4 N–H and O–H groups in total. The van der Waals surface area contributed by atoms with E-state index in [9.17, 15) is 24.6 Å². The molecule has 38 heavy (non-hydrogen) atoms. The molecule has 4 rings (SSSR count). The van der Waals surface area contributed by atoms with E-state index >= 15 is 0 Å². The molecule has 4 heterocycles. The Labute approximate surface area is 248 Å². The molecule has 1 fully saturated rings. The van der Waals surface area contributed by atoms with Crippen LogP contribution in [0.1, 0.15) is 11.5 Å². The molecule has 0 spiro atoms. The number of nitrogens with two attached hydrogens (primary N) is 1. The van der Waals surface area contributed by atoms with E-state index in [4.69, 9.17) is 10.6 Å². The van der Waals surface area contributed by atoms with Crippen molar-refractivity contribution in [3.63, 3.8) is 0 Å². The SMILES string of the molecule is COC(=O)/C=C\SC1=C(C(=O)O)N2C(=O)[C@@H](N=C([O-])/C(=N/OCc3nn[nH]n3)c3csc(N)n3)[C@H]2SC1.[Na+]. The van der Waals surface area contributed by atoms with Gasteiger partial charge in [-0.25, -0.2) is 14.6 Å². The van der Waals surface area contributed by atoms with Gasteiger partial charge in [0, 0.05) is 28.0 Å². The first-order valence-corrected chi connectivity index (χ1v) is 12.8. The first kappa shape index (κ1) is 29.6. The van der Waals surface area contributed by atoms with Gasteiger partial charge in [-0.15, -0.1) is 33.3 Å². The number of aromatic nitrogens is 5. The summed E-state index contributed by atoms with van der Waals surface area (Å²) in [5.74, 6) is -3.13. The molecule has 2 aliphatic heterocycles. The summed E-state index contributed by atoms with van der Waals surface area (Å²) in [6.07, 6.45) is 1.13. The van der Waals surface area contributed by atoms with Crippen LogP contribution in [0.15, 0.2) is 37.6 Å². The molecule has 194 valence electrons. The number of hydrogen-bond acceptors (Lipinski definition) is 16. The van der Waals surface area contributed by atoms with Crippen molar-refractivity contribution < 1.29 is 63.7 Å². The zero-order valence-electron chi connectivity index (χ0n) is 19.6. The van der Waals surface area contributed by atoms with Crippen molar-refractivity contribution in [2.75, 3.05) is 18.6 Å². The number of carboxylic acid groups (broad SMARTS) is 1. The Hall–Kier alpha value is -2.97. The number of H-pyrrole nitrogens is 1. The number of carboxylic acids is 1. The number of ether oxygens (including phenoxy) is 1. The first-order chi connectivity index (χ1) is 17.8. The summed E-state index contributed by atoms with van der Waals surface area (Å²) >= 11 is 3.27. The Kier molecular flexibility index (Phi) is 10.3. The number of thioether (sulfide) groups is 2. The number of aliphatic carboxylic acids is 1. The Balaban J connectivity index is 0.00000400. The van der Waals surface area contributed by atoms with Crippen LogP contribution in [-0.2, 0) is 30.6 Å². The van der Waals surface area contributed by atoms with Gasteiger partial charge in [0.1, 0.15) is 22.5 Å². The molecule has 2 aliphatic rings. The minimum Gasteiger partial charge on any atom is -0.857 e. The van der Waals surface area contributed by atoms with E-state index in [1.807, 2.05) is 0 Å². The maximum atomic E-state index is 13.0. The maximum Gasteiger partial charge on any atom is 1.00 e. The molecular formula is C18H16N9NaO7S3. The topological polar surface area (TPSA) is 234 Å². The normalized spacial score (nSPS) is 19.6. The van der Waals surface area contributed by atoms with Gasteiger partial charge in [-0.2, -0.15) is 5.21 Å². The predicted molar refractivity (Wildman–Crippen MR) is 130 cm³/mol. The Bertz CT molecular complexity index is 1330. The van der Waals surface area contributed by atoms with Crippen molar-refractivity contribution in [2.45, 2.75) is 18.0 Å². The van der Waals surface area contributed by atoms with Gasteiger partial charge in [0.25, 0.3) is 5.91 Å². The number of aromatic amines is 1. The molecular weight excluding hydrogens is 573 g/mol. The van der Waals surface area contributed by atoms with Crippen LogP contribution in [0.5, 0.6) is 0 Å². The number of nitrogen functional groups attached to an aromatic ring is 1. The number of anilines is 1. The average molecular weight is 590 g/mol. The molecule has 0 aromatic carbocycles. The third-order valence-corrected chi connectivity index (χ3v) is 7.70. The van der Waals surface area contributed by atoms with Crippen molar-refractivity contribution in [3.8, 4) is 0 Å². The van der Waals surface area contributed by atoms with Gasteiger partial charge in [-0.05, 0) is 5.41 Å². The van der Waals surface area contributed by atoms with Crippen molar-refractivity contribution in [2.24, 2.45) is 10.1 Å². The fourth-order valence-electron chi connectivity index (χ4n) is 3.06. The monoisotopic (exact) mass is 589 g/mol. The second kappa shape index (κ2) is 13.2. The minimum atomic E-state index is -1.33. The molecule has 1 saturated heterocycles. The van der Waals surface area contributed by atoms with Crippen molar-refractivity contribution in [1.82, 2.24) is 30.5 Å². The van der Waals surface area contributed by atoms with Crippen molar-refractivity contribution in [3.05, 3.63) is 39.0 Å². The van der Waals surface area contributed by atoms with Crippen LogP contribution in [0.25, 0.3) is 0 Å². The van der Waals surface area contributed by atoms with Gasteiger partial charge in [-0.3, -0.25) is 14.7 Å². The second-order valence-corrected chi connectivity index (χ2v) is 9.92. The first-order valence-electron chi connectivity index (χ1n) is 10.0. The molecule has 2 aromatic rings. The van der Waals surface area contributed by atoms with Crippen LogP contribution in [0, 0.1) is 0 Å². The van der Waals surface area contributed by atoms with E-state index in [1.165, 1.54) is 29.7 Å². The van der Waals surface area contributed by atoms with Crippen LogP contribution in [0.3, 0.4) is 0 Å². The van der Waals surface area contributed by atoms with Crippen LogP contribution in [-0.4, -0.2) is 89.3 Å². The summed E-state index contributed by atoms with van der Waals surface area (Å²) in [6, 6.07) is -1.15. The van der Waals surface area contributed by atoms with Gasteiger partial charge < -0.3 is 25.5 Å². The number of thiazole rings is 1. The number of hydrogen-bond donors (Lipinski definition) is 3. The number of tetrazole rings is 1. The fourth-order valence-corrected chi connectivity index (χ4v) is 5.91. The molecule has 0 radical (unpaired) electrons. The smallest absolute Gasteiger partial charge is 0.857 e. The predicted octanol–water partition coefficient (Wildman–Crippen LogP) is -4.08. The average Bonchev–Trinajstić information content (AvgIpc) is 3.56. The number of carbonyl (C=O) groups is 3. The van der Waals surface area contributed by atoms with E-state index in [-0.39, 0.29) is 70.0 Å². The van der Waals surface area contributed by atoms with E-state index in [2.05, 4.69) is 40.5 Å². The number of β-lactam (4-membered cyclic amide) rings is 1. The van der Waals surface area contributed by atoms with Crippen LogP contribution in [0.2, 0.25) is 0 Å². The van der Waals surface area contributed by atoms with Crippen LogP contribution >= 0.6 is 34.9 Å². The van der Waals surface area contributed by atoms with E-state index in [1.54, 1.807) is 0 Å². The third kappa shape index (κ3) is 6.53. The van der Waals surface area contributed by atoms with E-state index in [0.29, 0.717) is 4.91 Å². The summed E-state index contributed by atoms with van der Waals surface area (Å²) in [5.41, 5.74) is 5.21. The molecule has 20 heteroatoms. The number of esters is 1. The van der Waals surface area contributed by atoms with Crippen LogP contribution in [0.4, 0.5) is 5.13 Å². The molecule has 2 aromatic heterocycles. The Morgan fingerprint density at radius 1 is 1.47 bits per heavy atom. The summed E-state index contributed by atoms with van der Waals surface area (Å²) < 4.78 is 4.50. The largest absolute Gasteiger partial charge is 1.00 e. The van der Waals surface area contributed by atoms with Crippen molar-refractivity contribution in [1.29, 1.82) is 0 Å². The zero-order chi connectivity index (χ0) is 26.5. The van der Waals surface area contributed by atoms with Gasteiger partial charge in [0.15, 0.2) is 17.8 Å². The van der Waals surface area contributed by atoms with Crippen molar-refractivity contribution >= 4 is 69.4 Å². The number of nitrogens with one attached hydrogen (secondary N) is 1. The number of nitrogens with zero attached hydrogens (tertiary/aromatic N) is 7. The minimum absolute atomic E-state index is 0. The molecule has 2 atom stereocenters. The number of fused-ring (bicyclic) bond motifs is 1. The maximum absolute atomic E-state index is 13.0. The standard InChI is InChI=1S/C18H17N9O7S3.Na/c1-33-10(28)2-3-35-8-6-36-16-12(15(30)27(16)13(8)17(31)32)21-14(29)11(7-5-37-18(19)20-7)24-34-4-9-22-25-26-23-9;/h2-3,5,12,16H,4,6H2,1H3,(H2,19,20)(H,21,29)(H,31,32)(H,22,23,25,26);/q;+1/p-1/b3-2-,24-11+;/t12-,16-;/m1./s1. The van der Waals surface area contributed by atoms with Crippen LogP contribution < -0.4 is 40.4 Å². The van der Waals surface area contributed by atoms with Gasteiger partial charge in [-0.1, -0.05) is 22.1 Å². The zero-order valence-corrected chi connectivity index (χ0v) is 24.1. The molecule has 0 bridgehead atoms. The molecule has 0 saturated carbocycles. The van der Waals surface area contributed by atoms with E-state index < -0.39 is 35.2 Å². The molecule has 1 amide bonds. The number of oxime groups is 1.